The Hall–Kier alpha value is -2.08. The van der Waals surface area contributed by atoms with Crippen molar-refractivity contribution in [2.75, 3.05) is 19.5 Å². The topological polar surface area (TPSA) is 46.1 Å². The van der Waals surface area contributed by atoms with Gasteiger partial charge in [-0.3, -0.25) is 4.99 Å². The minimum Gasteiger partial charge on any atom is -0.494 e. The van der Waals surface area contributed by atoms with Crippen molar-refractivity contribution in [2.45, 2.75) is 33.4 Å². The number of benzene rings is 1. The Bertz CT molecular complexity index is 635. The molecular formula is C18H25N3O2S. The van der Waals surface area contributed by atoms with Crippen LogP contribution < -0.4 is 14.8 Å². The van der Waals surface area contributed by atoms with Crippen LogP contribution in [0.4, 0.5) is 5.69 Å². The summed E-state index contributed by atoms with van der Waals surface area (Å²) in [4.78, 5) is 6.66. The molecule has 1 heterocycles. The van der Waals surface area contributed by atoms with E-state index in [-0.39, 0.29) is 6.17 Å². The number of aliphatic imine (C=N–C) groups is 1. The molecule has 0 bridgehead atoms. The van der Waals surface area contributed by atoms with Gasteiger partial charge in [-0.05, 0) is 49.2 Å². The zero-order valence-corrected chi connectivity index (χ0v) is 15.7. The Balaban J connectivity index is 2.30. The number of allylic oxidation sites excluding steroid dienone is 1. The van der Waals surface area contributed by atoms with Gasteiger partial charge in [0.05, 0.1) is 14.2 Å². The van der Waals surface area contributed by atoms with E-state index in [1.807, 2.05) is 42.4 Å². The lowest BCUT2D eigenvalue weighted by Gasteiger charge is -2.34. The number of ether oxygens (including phenoxy) is 2. The van der Waals surface area contributed by atoms with Crippen molar-refractivity contribution in [1.82, 2.24) is 4.90 Å². The van der Waals surface area contributed by atoms with Crippen LogP contribution in [0.15, 0.2) is 35.0 Å². The van der Waals surface area contributed by atoms with Crippen molar-refractivity contribution >= 4 is 29.2 Å². The highest BCUT2D eigenvalue weighted by Crippen LogP contribution is 2.35. The third kappa shape index (κ3) is 3.87. The van der Waals surface area contributed by atoms with Crippen LogP contribution in [0.5, 0.6) is 11.5 Å². The first-order valence-electron chi connectivity index (χ1n) is 8.03. The van der Waals surface area contributed by atoms with Gasteiger partial charge in [0.2, 0.25) is 0 Å². The van der Waals surface area contributed by atoms with E-state index in [0.29, 0.717) is 22.5 Å². The quantitative estimate of drug-likeness (QED) is 0.814. The molecular weight excluding hydrogens is 322 g/mol. The summed E-state index contributed by atoms with van der Waals surface area (Å²) >= 11 is 5.65. The summed E-state index contributed by atoms with van der Waals surface area (Å²) in [7, 11) is 3.25. The lowest BCUT2D eigenvalue weighted by atomic mass is 10.0. The van der Waals surface area contributed by atoms with Crippen LogP contribution in [0.25, 0.3) is 0 Å². The molecule has 1 aromatic carbocycles. The molecule has 0 amide bonds. The van der Waals surface area contributed by atoms with Gasteiger partial charge in [0.15, 0.2) is 5.11 Å². The maximum atomic E-state index is 5.65. The number of methoxy groups -OCH3 is 2. The first-order chi connectivity index (χ1) is 11.5. The van der Waals surface area contributed by atoms with Gasteiger partial charge in [-0.15, -0.1) is 0 Å². The van der Waals surface area contributed by atoms with Crippen LogP contribution in [0.2, 0.25) is 0 Å². The molecule has 1 aromatic rings. The van der Waals surface area contributed by atoms with Crippen molar-refractivity contribution in [3.63, 3.8) is 0 Å². The Labute approximate surface area is 149 Å². The fourth-order valence-corrected chi connectivity index (χ4v) is 2.81. The maximum Gasteiger partial charge on any atom is 0.179 e. The molecule has 0 radical (unpaired) electrons. The SMILES string of the molecule is CC[C@H](C)[C@@H]1N=CC(C)=CN1C(=S)Nc1c(OC)cccc1OC. The predicted molar refractivity (Wildman–Crippen MR) is 103 cm³/mol. The molecule has 2 rings (SSSR count). The van der Waals surface area contributed by atoms with Crippen LogP contribution in [-0.4, -0.2) is 36.6 Å². The van der Waals surface area contributed by atoms with Gasteiger partial charge in [-0.25, -0.2) is 0 Å². The Morgan fingerprint density at radius 3 is 2.50 bits per heavy atom. The number of anilines is 1. The summed E-state index contributed by atoms with van der Waals surface area (Å²) in [5, 5.41) is 3.84. The van der Waals surface area contributed by atoms with Crippen molar-refractivity contribution < 1.29 is 9.47 Å². The monoisotopic (exact) mass is 347 g/mol. The van der Waals surface area contributed by atoms with E-state index in [0.717, 1.165) is 17.7 Å². The second-order valence-electron chi connectivity index (χ2n) is 5.83. The van der Waals surface area contributed by atoms with Crippen molar-refractivity contribution in [3.05, 3.63) is 30.0 Å². The Kier molecular flexibility index (Phi) is 6.20. The minimum atomic E-state index is -0.0144. The molecule has 1 N–H and O–H groups in total. The maximum absolute atomic E-state index is 5.65. The summed E-state index contributed by atoms with van der Waals surface area (Å²) in [6, 6.07) is 5.62. The van der Waals surface area contributed by atoms with Gasteiger partial charge >= 0.3 is 0 Å². The smallest absolute Gasteiger partial charge is 0.179 e. The van der Waals surface area contributed by atoms with Crippen molar-refractivity contribution in [1.29, 1.82) is 0 Å². The van der Waals surface area contributed by atoms with E-state index in [4.69, 9.17) is 21.7 Å². The van der Waals surface area contributed by atoms with Gasteiger partial charge in [0.25, 0.3) is 0 Å². The third-order valence-corrected chi connectivity index (χ3v) is 4.42. The molecule has 0 spiro atoms. The first kappa shape index (κ1) is 18.3. The number of para-hydroxylation sites is 1. The highest BCUT2D eigenvalue weighted by atomic mass is 32.1. The van der Waals surface area contributed by atoms with E-state index in [1.165, 1.54) is 0 Å². The minimum absolute atomic E-state index is 0.0144. The average molecular weight is 347 g/mol. The van der Waals surface area contributed by atoms with Gasteiger partial charge < -0.3 is 19.7 Å². The lowest BCUT2D eigenvalue weighted by molar-refractivity contribution is 0.297. The van der Waals surface area contributed by atoms with E-state index in [2.05, 4.69) is 24.2 Å². The second kappa shape index (κ2) is 8.15. The number of nitrogens with one attached hydrogen (secondary N) is 1. The molecule has 1 aliphatic heterocycles. The largest absolute Gasteiger partial charge is 0.494 e. The molecule has 2 atom stereocenters. The van der Waals surface area contributed by atoms with E-state index < -0.39 is 0 Å². The number of nitrogens with zero attached hydrogens (tertiary/aromatic N) is 2. The molecule has 6 heteroatoms. The van der Waals surface area contributed by atoms with Crippen LogP contribution in [0.1, 0.15) is 27.2 Å². The summed E-state index contributed by atoms with van der Waals surface area (Å²) < 4.78 is 10.9. The fourth-order valence-electron chi connectivity index (χ4n) is 2.55. The molecule has 24 heavy (non-hydrogen) atoms. The highest BCUT2D eigenvalue weighted by molar-refractivity contribution is 7.80. The van der Waals surface area contributed by atoms with Gasteiger partial charge in [0.1, 0.15) is 23.4 Å². The first-order valence-corrected chi connectivity index (χ1v) is 8.44. The molecule has 0 fully saturated rings. The number of thiocarbonyl (C=S) groups is 1. The van der Waals surface area contributed by atoms with E-state index in [9.17, 15) is 0 Å². The number of hydrogen-bond donors (Lipinski definition) is 1. The fraction of sp³-hybridized carbons (Fsp3) is 0.444. The lowest BCUT2D eigenvalue weighted by Crippen LogP contribution is -2.43. The summed E-state index contributed by atoms with van der Waals surface area (Å²) in [5.74, 6) is 1.74. The predicted octanol–water partition coefficient (Wildman–Crippen LogP) is 4.06. The molecule has 130 valence electrons. The number of hydrogen-bond acceptors (Lipinski definition) is 4. The normalized spacial score (nSPS) is 18.0. The molecule has 1 aliphatic rings. The van der Waals surface area contributed by atoms with E-state index in [1.54, 1.807) is 14.2 Å². The third-order valence-electron chi connectivity index (χ3n) is 4.11. The standard InChI is InChI=1S/C18H25N3O2S/c1-6-13(3)17-19-10-12(2)11-21(17)18(24)20-16-14(22-4)8-7-9-15(16)23-5/h7-11,13,17H,6H2,1-5H3,(H,20,24)/t13-,17+/m0/s1. The molecule has 0 aliphatic carbocycles. The second-order valence-corrected chi connectivity index (χ2v) is 6.21. The van der Waals surface area contributed by atoms with Crippen LogP contribution in [0, 0.1) is 5.92 Å². The zero-order valence-electron chi connectivity index (χ0n) is 14.9. The molecule has 0 unspecified atom stereocenters. The van der Waals surface area contributed by atoms with Crippen LogP contribution in [-0.2, 0) is 0 Å². The molecule has 0 saturated carbocycles. The Morgan fingerprint density at radius 1 is 1.33 bits per heavy atom. The summed E-state index contributed by atoms with van der Waals surface area (Å²) in [6.07, 6.45) is 4.94. The Morgan fingerprint density at radius 2 is 1.96 bits per heavy atom. The van der Waals surface area contributed by atoms with Crippen LogP contribution in [0.3, 0.4) is 0 Å². The molecule has 0 aromatic heterocycles. The summed E-state index contributed by atoms with van der Waals surface area (Å²) in [5.41, 5.74) is 1.78. The molecule has 0 saturated heterocycles. The zero-order chi connectivity index (χ0) is 17.7. The average Bonchev–Trinajstić information content (AvgIpc) is 2.60. The number of rotatable bonds is 5. The van der Waals surface area contributed by atoms with Crippen molar-refractivity contribution in [3.8, 4) is 11.5 Å². The molecule has 5 nitrogen and oxygen atoms in total. The van der Waals surface area contributed by atoms with E-state index >= 15 is 0 Å². The van der Waals surface area contributed by atoms with Gasteiger partial charge in [-0.2, -0.15) is 0 Å². The summed E-state index contributed by atoms with van der Waals surface area (Å²) in [6.45, 7) is 6.34. The highest BCUT2D eigenvalue weighted by Gasteiger charge is 2.26. The van der Waals surface area contributed by atoms with Crippen molar-refractivity contribution in [2.24, 2.45) is 10.9 Å². The van der Waals surface area contributed by atoms with Crippen LogP contribution >= 0.6 is 12.2 Å². The van der Waals surface area contributed by atoms with Gasteiger partial charge in [-0.1, -0.05) is 19.9 Å². The van der Waals surface area contributed by atoms with Gasteiger partial charge in [0, 0.05) is 12.4 Å².